The summed E-state index contributed by atoms with van der Waals surface area (Å²) in [6.45, 7) is 1.77. The van der Waals surface area contributed by atoms with Gasteiger partial charge in [-0.1, -0.05) is 0 Å². The van der Waals surface area contributed by atoms with Crippen LogP contribution in [0.5, 0.6) is 0 Å². The number of sulfonamides is 1. The van der Waals surface area contributed by atoms with E-state index < -0.39 is 22.1 Å². The summed E-state index contributed by atoms with van der Waals surface area (Å²) in [5.41, 5.74) is 0.149. The van der Waals surface area contributed by atoms with Crippen LogP contribution in [0.15, 0.2) is 9.78 Å². The molecule has 17 heavy (non-hydrogen) atoms. The third-order valence-corrected chi connectivity index (χ3v) is 3.02. The predicted molar refractivity (Wildman–Crippen MR) is 60.7 cm³/mol. The zero-order valence-electron chi connectivity index (χ0n) is 9.21. The van der Waals surface area contributed by atoms with E-state index >= 15 is 0 Å². The van der Waals surface area contributed by atoms with Gasteiger partial charge in [-0.15, -0.1) is 15.7 Å². The molecule has 0 aliphatic rings. The van der Waals surface area contributed by atoms with Crippen molar-refractivity contribution in [3.8, 4) is 0 Å². The number of thiazole rings is 1. The lowest BCUT2D eigenvalue weighted by atomic mass is 10.3. The Morgan fingerprint density at radius 2 is 2.35 bits per heavy atom. The summed E-state index contributed by atoms with van der Waals surface area (Å²) in [6, 6.07) is 0. The van der Waals surface area contributed by atoms with E-state index in [-0.39, 0.29) is 17.1 Å². The fraction of sp³-hybridized carbons (Fsp3) is 0.500. The molecular weight excluding hydrogens is 268 g/mol. The number of carbonyl (C=O) groups is 1. The first kappa shape index (κ1) is 13.9. The number of aliphatic hydroxyl groups excluding tert-OH is 1. The molecule has 0 spiro atoms. The SMILES string of the molecule is CCOC(=O)C(O)c1cs/c(=N\S(C)(=O)=O)[nH]1. The minimum Gasteiger partial charge on any atom is -0.464 e. The number of hydrogen-bond donors (Lipinski definition) is 2. The Labute approximate surface area is 102 Å². The maximum Gasteiger partial charge on any atom is 0.341 e. The second kappa shape index (κ2) is 5.43. The van der Waals surface area contributed by atoms with Crippen molar-refractivity contribution in [2.45, 2.75) is 13.0 Å². The van der Waals surface area contributed by atoms with E-state index in [1.807, 2.05) is 0 Å². The van der Waals surface area contributed by atoms with Gasteiger partial charge < -0.3 is 14.8 Å². The van der Waals surface area contributed by atoms with Crippen LogP contribution in [0, 0.1) is 0 Å². The molecule has 1 aromatic heterocycles. The quantitative estimate of drug-likeness (QED) is 0.725. The van der Waals surface area contributed by atoms with Crippen LogP contribution in [0.2, 0.25) is 0 Å². The van der Waals surface area contributed by atoms with Crippen LogP contribution in [0.4, 0.5) is 0 Å². The minimum absolute atomic E-state index is 0.0887. The highest BCUT2D eigenvalue weighted by Gasteiger charge is 2.20. The van der Waals surface area contributed by atoms with Gasteiger partial charge in [0.2, 0.25) is 0 Å². The van der Waals surface area contributed by atoms with Gasteiger partial charge in [-0.3, -0.25) is 0 Å². The lowest BCUT2D eigenvalue weighted by Gasteiger charge is -2.06. The Morgan fingerprint density at radius 1 is 1.71 bits per heavy atom. The number of esters is 1. The molecule has 0 saturated heterocycles. The summed E-state index contributed by atoms with van der Waals surface area (Å²) in [7, 11) is -3.51. The number of nitrogens with one attached hydrogen (secondary N) is 1. The first-order chi connectivity index (χ1) is 7.83. The zero-order chi connectivity index (χ0) is 13.1. The van der Waals surface area contributed by atoms with Gasteiger partial charge in [0, 0.05) is 5.38 Å². The second-order valence-corrected chi connectivity index (χ2v) is 5.61. The van der Waals surface area contributed by atoms with E-state index in [1.165, 1.54) is 5.38 Å². The van der Waals surface area contributed by atoms with Crippen molar-refractivity contribution in [2.24, 2.45) is 4.40 Å². The number of carbonyl (C=O) groups excluding carboxylic acids is 1. The number of H-pyrrole nitrogens is 1. The van der Waals surface area contributed by atoms with Crippen LogP contribution in [0.25, 0.3) is 0 Å². The molecule has 1 aromatic rings. The molecule has 1 rings (SSSR count). The molecule has 0 amide bonds. The van der Waals surface area contributed by atoms with Crippen molar-refractivity contribution in [2.75, 3.05) is 12.9 Å². The van der Waals surface area contributed by atoms with E-state index in [1.54, 1.807) is 6.92 Å². The first-order valence-electron chi connectivity index (χ1n) is 4.62. The monoisotopic (exact) mass is 280 g/mol. The molecule has 0 radical (unpaired) electrons. The molecule has 0 aliphatic heterocycles. The summed E-state index contributed by atoms with van der Waals surface area (Å²) in [4.78, 5) is 13.8. The number of ether oxygens (including phenoxy) is 1. The molecule has 1 atom stereocenters. The van der Waals surface area contributed by atoms with Crippen LogP contribution in [0.3, 0.4) is 0 Å². The number of aliphatic hydroxyl groups is 1. The normalized spacial score (nSPS) is 14.6. The topological polar surface area (TPSA) is 109 Å². The minimum atomic E-state index is -3.51. The molecule has 2 N–H and O–H groups in total. The first-order valence-corrected chi connectivity index (χ1v) is 7.34. The average molecular weight is 280 g/mol. The predicted octanol–water partition coefficient (Wildman–Crippen LogP) is -0.467. The molecular formula is C8H12N2O5S2. The Balaban J connectivity index is 2.96. The standard InChI is InChI=1S/C8H12N2O5S2/c1-3-15-7(12)6(11)5-4-16-8(9-5)10-17(2,13)14/h4,6,11H,3H2,1-2H3,(H,9,10). The molecule has 0 aliphatic carbocycles. The van der Waals surface area contributed by atoms with Crippen LogP contribution < -0.4 is 4.80 Å². The van der Waals surface area contributed by atoms with Gasteiger partial charge in [0.05, 0.1) is 18.6 Å². The Hall–Kier alpha value is -1.19. The fourth-order valence-electron chi connectivity index (χ4n) is 0.978. The Kier molecular flexibility index (Phi) is 4.43. The van der Waals surface area contributed by atoms with Gasteiger partial charge in [-0.2, -0.15) is 0 Å². The summed E-state index contributed by atoms with van der Waals surface area (Å²) >= 11 is 0.971. The molecule has 1 heterocycles. The maximum atomic E-state index is 11.2. The lowest BCUT2D eigenvalue weighted by molar-refractivity contribution is -0.153. The van der Waals surface area contributed by atoms with Crippen molar-refractivity contribution in [1.82, 2.24) is 4.98 Å². The van der Waals surface area contributed by atoms with Gasteiger partial charge in [-0.25, -0.2) is 13.2 Å². The van der Waals surface area contributed by atoms with Gasteiger partial charge in [0.25, 0.3) is 10.0 Å². The Morgan fingerprint density at radius 3 is 2.88 bits per heavy atom. The third kappa shape index (κ3) is 4.29. The van der Waals surface area contributed by atoms with Crippen molar-refractivity contribution in [3.05, 3.63) is 15.9 Å². The highest BCUT2D eigenvalue weighted by molar-refractivity contribution is 7.89. The van der Waals surface area contributed by atoms with Crippen molar-refractivity contribution < 1.29 is 23.1 Å². The number of nitrogens with zero attached hydrogens (tertiary/aromatic N) is 1. The highest BCUT2D eigenvalue weighted by Crippen LogP contribution is 2.11. The van der Waals surface area contributed by atoms with Crippen molar-refractivity contribution in [1.29, 1.82) is 0 Å². The van der Waals surface area contributed by atoms with E-state index in [4.69, 9.17) is 0 Å². The highest BCUT2D eigenvalue weighted by atomic mass is 32.2. The number of aromatic amines is 1. The van der Waals surface area contributed by atoms with Crippen molar-refractivity contribution >= 4 is 27.3 Å². The third-order valence-electron chi connectivity index (χ3n) is 1.60. The zero-order valence-corrected chi connectivity index (χ0v) is 10.8. The molecule has 0 aromatic carbocycles. The van der Waals surface area contributed by atoms with Crippen LogP contribution in [-0.2, 0) is 19.6 Å². The summed E-state index contributed by atoms with van der Waals surface area (Å²) in [6.07, 6.45) is -0.517. The molecule has 0 saturated carbocycles. The molecule has 7 nitrogen and oxygen atoms in total. The van der Waals surface area contributed by atoms with Crippen LogP contribution in [0.1, 0.15) is 18.7 Å². The lowest BCUT2D eigenvalue weighted by Crippen LogP contribution is -2.17. The van der Waals surface area contributed by atoms with E-state index in [2.05, 4.69) is 14.1 Å². The van der Waals surface area contributed by atoms with Gasteiger partial charge in [0.1, 0.15) is 0 Å². The van der Waals surface area contributed by atoms with Gasteiger partial charge >= 0.3 is 5.97 Å². The number of aromatic nitrogens is 1. The molecule has 0 fully saturated rings. The van der Waals surface area contributed by atoms with Gasteiger partial charge in [-0.05, 0) is 6.92 Å². The number of hydrogen-bond acceptors (Lipinski definition) is 6. The average Bonchev–Trinajstić information content (AvgIpc) is 2.62. The van der Waals surface area contributed by atoms with E-state index in [9.17, 15) is 18.3 Å². The second-order valence-electron chi connectivity index (χ2n) is 3.10. The molecule has 1 unspecified atom stereocenters. The van der Waals surface area contributed by atoms with Crippen LogP contribution in [-0.4, -0.2) is 37.3 Å². The molecule has 96 valence electrons. The van der Waals surface area contributed by atoms with Gasteiger partial charge in [0.15, 0.2) is 10.9 Å². The summed E-state index contributed by atoms with van der Waals surface area (Å²) < 4.78 is 29.8. The fourth-order valence-corrected chi connectivity index (χ4v) is 2.51. The smallest absolute Gasteiger partial charge is 0.341 e. The maximum absolute atomic E-state index is 11.2. The number of rotatable bonds is 4. The molecule has 0 bridgehead atoms. The van der Waals surface area contributed by atoms with E-state index in [0.717, 1.165) is 17.6 Å². The van der Waals surface area contributed by atoms with Crippen LogP contribution >= 0.6 is 11.3 Å². The molecule has 9 heteroatoms. The van der Waals surface area contributed by atoms with Crippen molar-refractivity contribution in [3.63, 3.8) is 0 Å². The summed E-state index contributed by atoms with van der Waals surface area (Å²) in [5, 5.41) is 10.9. The summed E-state index contributed by atoms with van der Waals surface area (Å²) in [5.74, 6) is -0.799. The largest absolute Gasteiger partial charge is 0.464 e. The van der Waals surface area contributed by atoms with E-state index in [0.29, 0.717) is 0 Å². The Bertz CT molecular complexity index is 556.